The number of halogens is 1. The van der Waals surface area contributed by atoms with Crippen molar-refractivity contribution in [3.05, 3.63) is 47.5 Å². The molecule has 0 unspecified atom stereocenters. The van der Waals surface area contributed by atoms with Crippen LogP contribution >= 0.6 is 11.6 Å². The van der Waals surface area contributed by atoms with Crippen molar-refractivity contribution in [1.29, 1.82) is 0 Å². The Bertz CT molecular complexity index is 832. The molecule has 0 saturated carbocycles. The summed E-state index contributed by atoms with van der Waals surface area (Å²) in [5.74, 6) is -0.0381. The van der Waals surface area contributed by atoms with E-state index in [1.807, 2.05) is 0 Å². The molecule has 0 aliphatic carbocycles. The zero-order chi connectivity index (χ0) is 17.7. The molecule has 2 rings (SSSR count). The molecule has 0 atom stereocenters. The van der Waals surface area contributed by atoms with E-state index in [9.17, 15) is 13.5 Å². The zero-order valence-electron chi connectivity index (χ0n) is 13.3. The van der Waals surface area contributed by atoms with E-state index in [0.717, 1.165) is 0 Å². The van der Waals surface area contributed by atoms with Crippen LogP contribution < -0.4 is 0 Å². The third kappa shape index (κ3) is 4.11. The fourth-order valence-electron chi connectivity index (χ4n) is 2.09. The predicted molar refractivity (Wildman–Crippen MR) is 93.8 cm³/mol. The molecule has 0 spiro atoms. The smallest absolute Gasteiger partial charge is 0.243 e. The molecule has 0 aliphatic rings. The van der Waals surface area contributed by atoms with Crippen molar-refractivity contribution in [2.45, 2.75) is 18.7 Å². The van der Waals surface area contributed by atoms with Crippen LogP contribution in [-0.2, 0) is 10.0 Å². The van der Waals surface area contributed by atoms with Gasteiger partial charge in [0.2, 0.25) is 10.0 Å². The topological polar surface area (TPSA) is 82.3 Å². The van der Waals surface area contributed by atoms with Crippen LogP contribution in [0.4, 0.5) is 11.4 Å². The normalized spacial score (nSPS) is 12.2. The van der Waals surface area contributed by atoms with Gasteiger partial charge >= 0.3 is 0 Å². The molecule has 6 nitrogen and oxygen atoms in total. The maximum atomic E-state index is 12.4. The first-order valence-corrected chi connectivity index (χ1v) is 9.20. The highest BCUT2D eigenvalue weighted by Crippen LogP contribution is 2.31. The number of rotatable bonds is 6. The van der Waals surface area contributed by atoms with E-state index < -0.39 is 10.0 Å². The van der Waals surface area contributed by atoms with Gasteiger partial charge < -0.3 is 5.11 Å². The van der Waals surface area contributed by atoms with Crippen molar-refractivity contribution in [3.63, 3.8) is 0 Å². The second kappa shape index (κ2) is 7.74. The Kier molecular flexibility index (Phi) is 5.93. The Morgan fingerprint density at radius 2 is 1.67 bits per heavy atom. The van der Waals surface area contributed by atoms with E-state index >= 15 is 0 Å². The van der Waals surface area contributed by atoms with Gasteiger partial charge in [-0.05, 0) is 42.5 Å². The molecule has 0 heterocycles. The SMILES string of the molecule is CCN(CC)S(=O)(=O)c1ccc(N=Nc2cc(Cl)ccc2O)cc1. The van der Waals surface area contributed by atoms with Crippen LogP contribution in [-0.4, -0.2) is 30.9 Å². The Morgan fingerprint density at radius 3 is 2.25 bits per heavy atom. The minimum absolute atomic E-state index is 0.0381. The number of phenols is 1. The maximum Gasteiger partial charge on any atom is 0.243 e. The number of hydrogen-bond donors (Lipinski definition) is 1. The van der Waals surface area contributed by atoms with Gasteiger partial charge in [-0.15, -0.1) is 5.11 Å². The molecule has 0 bridgehead atoms. The Morgan fingerprint density at radius 1 is 1.04 bits per heavy atom. The van der Waals surface area contributed by atoms with Crippen molar-refractivity contribution >= 4 is 33.0 Å². The van der Waals surface area contributed by atoms with Gasteiger partial charge in [0.1, 0.15) is 11.4 Å². The highest BCUT2D eigenvalue weighted by Gasteiger charge is 2.21. The highest BCUT2D eigenvalue weighted by molar-refractivity contribution is 7.89. The average Bonchev–Trinajstić information content (AvgIpc) is 2.57. The fourth-order valence-corrected chi connectivity index (χ4v) is 3.71. The standard InChI is InChI=1S/C16H18ClN3O3S/c1-3-20(4-2)24(22,23)14-8-6-13(7-9-14)18-19-15-11-12(17)5-10-16(15)21/h5-11,21H,3-4H2,1-2H3. The van der Waals surface area contributed by atoms with Gasteiger partial charge in [-0.3, -0.25) is 0 Å². The summed E-state index contributed by atoms with van der Waals surface area (Å²) in [7, 11) is -3.49. The number of azo groups is 1. The van der Waals surface area contributed by atoms with Gasteiger partial charge in [-0.2, -0.15) is 9.42 Å². The van der Waals surface area contributed by atoms with Crippen LogP contribution in [0.5, 0.6) is 5.75 Å². The van der Waals surface area contributed by atoms with Crippen LogP contribution in [0.1, 0.15) is 13.8 Å². The quantitative estimate of drug-likeness (QED) is 0.763. The van der Waals surface area contributed by atoms with Gasteiger partial charge in [0.15, 0.2) is 0 Å². The predicted octanol–water partition coefficient (Wildman–Crippen LogP) is 4.49. The highest BCUT2D eigenvalue weighted by atomic mass is 35.5. The molecule has 0 fully saturated rings. The maximum absolute atomic E-state index is 12.4. The summed E-state index contributed by atoms with van der Waals surface area (Å²) in [6, 6.07) is 10.5. The van der Waals surface area contributed by atoms with Crippen LogP contribution in [0.3, 0.4) is 0 Å². The molecule has 1 N–H and O–H groups in total. The van der Waals surface area contributed by atoms with Crippen LogP contribution in [0.15, 0.2) is 57.6 Å². The van der Waals surface area contributed by atoms with Crippen molar-refractivity contribution in [2.24, 2.45) is 10.2 Å². The Labute approximate surface area is 146 Å². The fraction of sp³-hybridized carbons (Fsp3) is 0.250. The summed E-state index contributed by atoms with van der Waals surface area (Å²) >= 11 is 5.84. The summed E-state index contributed by atoms with van der Waals surface area (Å²) < 4.78 is 26.2. The lowest BCUT2D eigenvalue weighted by Gasteiger charge is -2.18. The van der Waals surface area contributed by atoms with Crippen LogP contribution in [0.25, 0.3) is 0 Å². The molecule has 8 heteroatoms. The molecule has 2 aromatic carbocycles. The summed E-state index contributed by atoms with van der Waals surface area (Å²) in [5, 5.41) is 18.0. The van der Waals surface area contributed by atoms with Gasteiger partial charge in [0.05, 0.1) is 10.6 Å². The second-order valence-electron chi connectivity index (χ2n) is 4.92. The Balaban J connectivity index is 2.24. The molecular formula is C16H18ClN3O3S. The minimum Gasteiger partial charge on any atom is -0.506 e. The summed E-state index contributed by atoms with van der Waals surface area (Å²) in [6.45, 7) is 4.41. The van der Waals surface area contributed by atoms with Gasteiger partial charge in [0.25, 0.3) is 0 Å². The number of benzene rings is 2. The van der Waals surface area contributed by atoms with Crippen molar-refractivity contribution in [1.82, 2.24) is 4.31 Å². The van der Waals surface area contributed by atoms with E-state index in [4.69, 9.17) is 11.6 Å². The van der Waals surface area contributed by atoms with Gasteiger partial charge in [0, 0.05) is 18.1 Å². The van der Waals surface area contributed by atoms with E-state index in [0.29, 0.717) is 23.8 Å². The van der Waals surface area contributed by atoms with E-state index in [-0.39, 0.29) is 16.3 Å². The molecule has 0 aromatic heterocycles. The van der Waals surface area contributed by atoms with E-state index in [2.05, 4.69) is 10.2 Å². The van der Waals surface area contributed by atoms with Crippen molar-refractivity contribution < 1.29 is 13.5 Å². The molecule has 0 amide bonds. The van der Waals surface area contributed by atoms with Gasteiger partial charge in [-0.25, -0.2) is 8.42 Å². The number of aromatic hydroxyl groups is 1. The first-order valence-electron chi connectivity index (χ1n) is 7.39. The van der Waals surface area contributed by atoms with Crippen LogP contribution in [0, 0.1) is 0 Å². The zero-order valence-corrected chi connectivity index (χ0v) is 14.9. The summed E-state index contributed by atoms with van der Waals surface area (Å²) in [4.78, 5) is 0.204. The largest absolute Gasteiger partial charge is 0.506 e. The van der Waals surface area contributed by atoms with Crippen molar-refractivity contribution in [2.75, 3.05) is 13.1 Å². The number of hydrogen-bond acceptors (Lipinski definition) is 5. The number of phenolic OH excluding ortho intramolecular Hbond substituents is 1. The van der Waals surface area contributed by atoms with Crippen molar-refractivity contribution in [3.8, 4) is 5.75 Å². The molecule has 0 aliphatic heterocycles. The third-order valence-corrected chi connectivity index (χ3v) is 5.69. The number of nitrogens with zero attached hydrogens (tertiary/aromatic N) is 3. The first kappa shape index (κ1) is 18.4. The Hall–Kier alpha value is -1.96. The molecular weight excluding hydrogens is 350 g/mol. The lowest BCUT2D eigenvalue weighted by Crippen LogP contribution is -2.30. The van der Waals surface area contributed by atoms with Gasteiger partial charge in [-0.1, -0.05) is 25.4 Å². The summed E-state index contributed by atoms with van der Waals surface area (Å²) in [5.41, 5.74) is 0.704. The molecule has 2 aromatic rings. The molecule has 0 saturated heterocycles. The third-order valence-electron chi connectivity index (χ3n) is 3.39. The first-order chi connectivity index (χ1) is 11.4. The summed E-state index contributed by atoms with van der Waals surface area (Å²) in [6.07, 6.45) is 0. The average molecular weight is 368 g/mol. The van der Waals surface area contributed by atoms with E-state index in [1.54, 1.807) is 32.0 Å². The lowest BCUT2D eigenvalue weighted by atomic mass is 10.3. The minimum atomic E-state index is -3.49. The lowest BCUT2D eigenvalue weighted by molar-refractivity contribution is 0.445. The van der Waals surface area contributed by atoms with E-state index in [1.165, 1.54) is 28.6 Å². The molecule has 128 valence electrons. The molecule has 24 heavy (non-hydrogen) atoms. The van der Waals surface area contributed by atoms with Crippen LogP contribution in [0.2, 0.25) is 5.02 Å². The molecule has 0 radical (unpaired) electrons. The second-order valence-corrected chi connectivity index (χ2v) is 7.29. The monoisotopic (exact) mass is 367 g/mol. The number of sulfonamides is 1.